The Balaban J connectivity index is 3.00. The van der Waals surface area contributed by atoms with Gasteiger partial charge in [0.2, 0.25) is 0 Å². The number of hydrogen-bond donors (Lipinski definition) is 0. The molecule has 1 aromatic heterocycles. The minimum Gasteiger partial charge on any atom is -0.288 e. The van der Waals surface area contributed by atoms with Gasteiger partial charge in [-0.1, -0.05) is 6.58 Å². The molecule has 0 aliphatic heterocycles. The zero-order chi connectivity index (χ0) is 8.27. The third kappa shape index (κ3) is 1.54. The number of hydrogen-bond acceptors (Lipinski definition) is 3. The molecular weight excluding hydrogens is 158 g/mol. The second kappa shape index (κ2) is 3.13. The molecule has 3 heteroatoms. The summed E-state index contributed by atoms with van der Waals surface area (Å²) in [5.41, 5.74) is 0.528. The molecule has 0 bridgehead atoms. The standard InChI is InChI=1S/C8H5NOS/c1-2-7(10)8-3-6(4-9)5-11-8/h2-3,5H,1H2. The smallest absolute Gasteiger partial charge is 0.195 e. The minimum absolute atomic E-state index is 0.128. The van der Waals surface area contributed by atoms with Gasteiger partial charge in [0.25, 0.3) is 0 Å². The maximum atomic E-state index is 10.9. The van der Waals surface area contributed by atoms with Gasteiger partial charge in [0.05, 0.1) is 10.4 Å². The van der Waals surface area contributed by atoms with E-state index in [1.807, 2.05) is 6.07 Å². The molecule has 0 fully saturated rings. The van der Waals surface area contributed by atoms with Crippen LogP contribution in [0, 0.1) is 11.3 Å². The topological polar surface area (TPSA) is 40.9 Å². The van der Waals surface area contributed by atoms with Crippen molar-refractivity contribution in [2.45, 2.75) is 0 Å². The van der Waals surface area contributed by atoms with E-state index in [1.165, 1.54) is 17.4 Å². The van der Waals surface area contributed by atoms with Gasteiger partial charge in [0.15, 0.2) is 5.78 Å². The summed E-state index contributed by atoms with van der Waals surface area (Å²) in [7, 11) is 0. The summed E-state index contributed by atoms with van der Waals surface area (Å²) in [4.78, 5) is 11.5. The lowest BCUT2D eigenvalue weighted by Gasteiger charge is -1.82. The number of carbonyl (C=O) groups is 1. The van der Waals surface area contributed by atoms with Gasteiger partial charge in [-0.15, -0.1) is 11.3 Å². The predicted molar refractivity (Wildman–Crippen MR) is 43.6 cm³/mol. The van der Waals surface area contributed by atoms with Gasteiger partial charge in [-0.2, -0.15) is 5.26 Å². The fourth-order valence-corrected chi connectivity index (χ4v) is 1.39. The molecule has 0 aliphatic rings. The van der Waals surface area contributed by atoms with Gasteiger partial charge in [0, 0.05) is 5.38 Å². The molecule has 54 valence electrons. The summed E-state index contributed by atoms with van der Waals surface area (Å²) in [6.07, 6.45) is 1.24. The van der Waals surface area contributed by atoms with Gasteiger partial charge >= 0.3 is 0 Å². The number of rotatable bonds is 2. The Morgan fingerprint density at radius 2 is 2.55 bits per heavy atom. The third-order valence-electron chi connectivity index (χ3n) is 1.16. The molecule has 11 heavy (non-hydrogen) atoms. The molecule has 0 aliphatic carbocycles. The highest BCUT2D eigenvalue weighted by atomic mass is 32.1. The highest BCUT2D eigenvalue weighted by Gasteiger charge is 2.03. The summed E-state index contributed by atoms with van der Waals surface area (Å²) < 4.78 is 0. The average Bonchev–Trinajstić information content (AvgIpc) is 2.50. The number of ketones is 1. The van der Waals surface area contributed by atoms with E-state index >= 15 is 0 Å². The molecule has 0 atom stereocenters. The first kappa shape index (κ1) is 7.70. The normalized spacial score (nSPS) is 8.64. The zero-order valence-corrected chi connectivity index (χ0v) is 6.52. The number of nitrogens with zero attached hydrogens (tertiary/aromatic N) is 1. The van der Waals surface area contributed by atoms with E-state index in [2.05, 4.69) is 6.58 Å². The van der Waals surface area contributed by atoms with Crippen LogP contribution in [0.5, 0.6) is 0 Å². The van der Waals surface area contributed by atoms with E-state index in [0.717, 1.165) is 0 Å². The fourth-order valence-electron chi connectivity index (χ4n) is 0.625. The van der Waals surface area contributed by atoms with E-state index in [-0.39, 0.29) is 5.78 Å². The first-order valence-corrected chi connectivity index (χ1v) is 3.81. The quantitative estimate of drug-likeness (QED) is 0.494. The molecule has 0 spiro atoms. The van der Waals surface area contributed by atoms with Crippen LogP contribution in [0.25, 0.3) is 0 Å². The Morgan fingerprint density at radius 3 is 3.00 bits per heavy atom. The van der Waals surface area contributed by atoms with Crippen LogP contribution in [-0.4, -0.2) is 5.78 Å². The van der Waals surface area contributed by atoms with Crippen LogP contribution in [0.4, 0.5) is 0 Å². The van der Waals surface area contributed by atoms with Crippen molar-refractivity contribution in [3.63, 3.8) is 0 Å². The molecular formula is C8H5NOS. The lowest BCUT2D eigenvalue weighted by atomic mass is 10.3. The molecule has 0 saturated heterocycles. The van der Waals surface area contributed by atoms with Gasteiger partial charge < -0.3 is 0 Å². The largest absolute Gasteiger partial charge is 0.288 e. The predicted octanol–water partition coefficient (Wildman–Crippen LogP) is 1.99. The molecule has 0 N–H and O–H groups in total. The second-order valence-electron chi connectivity index (χ2n) is 1.88. The van der Waals surface area contributed by atoms with Crippen LogP contribution in [0.1, 0.15) is 15.2 Å². The summed E-state index contributed by atoms with van der Waals surface area (Å²) in [6.45, 7) is 3.35. The van der Waals surface area contributed by atoms with Crippen molar-refractivity contribution >= 4 is 17.1 Å². The van der Waals surface area contributed by atoms with Crippen LogP contribution < -0.4 is 0 Å². The van der Waals surface area contributed by atoms with Crippen LogP contribution in [0.15, 0.2) is 24.1 Å². The van der Waals surface area contributed by atoms with Gasteiger partial charge in [-0.05, 0) is 12.1 Å². The monoisotopic (exact) mass is 163 g/mol. The zero-order valence-electron chi connectivity index (χ0n) is 5.70. The minimum atomic E-state index is -0.128. The molecule has 1 heterocycles. The van der Waals surface area contributed by atoms with Crippen molar-refractivity contribution in [2.75, 3.05) is 0 Å². The van der Waals surface area contributed by atoms with Crippen molar-refractivity contribution in [3.8, 4) is 6.07 Å². The Bertz CT molecular complexity index is 332. The lowest BCUT2D eigenvalue weighted by molar-refractivity contribution is 0.105. The summed E-state index contributed by atoms with van der Waals surface area (Å²) in [5.74, 6) is -0.128. The van der Waals surface area contributed by atoms with Crippen molar-refractivity contribution < 1.29 is 4.79 Å². The number of thiophene rings is 1. The SMILES string of the molecule is C=CC(=O)c1cc(C#N)cs1. The molecule has 0 aromatic carbocycles. The van der Waals surface area contributed by atoms with E-state index < -0.39 is 0 Å². The molecule has 0 amide bonds. The van der Waals surface area contributed by atoms with E-state index in [4.69, 9.17) is 5.26 Å². The summed E-state index contributed by atoms with van der Waals surface area (Å²) in [5, 5.41) is 10.1. The van der Waals surface area contributed by atoms with Crippen molar-refractivity contribution in [2.24, 2.45) is 0 Å². The highest BCUT2D eigenvalue weighted by molar-refractivity contribution is 7.12. The Kier molecular flexibility index (Phi) is 2.19. The summed E-state index contributed by atoms with van der Waals surface area (Å²) >= 11 is 1.26. The van der Waals surface area contributed by atoms with Gasteiger partial charge in [-0.3, -0.25) is 4.79 Å². The molecule has 0 unspecified atom stereocenters. The maximum Gasteiger partial charge on any atom is 0.195 e. The van der Waals surface area contributed by atoms with E-state index in [1.54, 1.807) is 11.4 Å². The van der Waals surface area contributed by atoms with Crippen LogP contribution in [-0.2, 0) is 0 Å². The van der Waals surface area contributed by atoms with Crippen LogP contribution >= 0.6 is 11.3 Å². The molecule has 0 radical (unpaired) electrons. The highest BCUT2D eigenvalue weighted by Crippen LogP contribution is 2.14. The Labute approximate surface area is 68.4 Å². The second-order valence-corrected chi connectivity index (χ2v) is 2.79. The number of carbonyl (C=O) groups excluding carboxylic acids is 1. The third-order valence-corrected chi connectivity index (χ3v) is 2.10. The maximum absolute atomic E-state index is 10.9. The van der Waals surface area contributed by atoms with Gasteiger partial charge in [0.1, 0.15) is 6.07 Å². The van der Waals surface area contributed by atoms with Crippen molar-refractivity contribution in [1.82, 2.24) is 0 Å². The van der Waals surface area contributed by atoms with Crippen LogP contribution in [0.3, 0.4) is 0 Å². The van der Waals surface area contributed by atoms with Gasteiger partial charge in [-0.25, -0.2) is 0 Å². The molecule has 2 nitrogen and oxygen atoms in total. The first-order valence-electron chi connectivity index (χ1n) is 2.93. The van der Waals surface area contributed by atoms with Crippen LogP contribution in [0.2, 0.25) is 0 Å². The molecule has 0 saturated carbocycles. The molecule has 1 rings (SSSR count). The van der Waals surface area contributed by atoms with Crippen molar-refractivity contribution in [1.29, 1.82) is 5.26 Å². The lowest BCUT2D eigenvalue weighted by Crippen LogP contribution is -1.86. The molecule has 1 aromatic rings. The first-order chi connectivity index (χ1) is 5.27. The number of allylic oxidation sites excluding steroid dienone is 1. The Morgan fingerprint density at radius 1 is 1.82 bits per heavy atom. The Hall–Kier alpha value is -1.40. The summed E-state index contributed by atoms with van der Waals surface area (Å²) in [6, 6.07) is 3.51. The number of nitriles is 1. The average molecular weight is 163 g/mol. The van der Waals surface area contributed by atoms with Crippen molar-refractivity contribution in [3.05, 3.63) is 34.5 Å². The van der Waals surface area contributed by atoms with E-state index in [0.29, 0.717) is 10.4 Å². The fraction of sp³-hybridized carbons (Fsp3) is 0. The van der Waals surface area contributed by atoms with E-state index in [9.17, 15) is 4.79 Å².